The van der Waals surface area contributed by atoms with Crippen molar-refractivity contribution in [2.45, 2.75) is 46.1 Å². The van der Waals surface area contributed by atoms with Crippen LogP contribution in [0.25, 0.3) is 0 Å². The molecule has 0 bridgehead atoms. The van der Waals surface area contributed by atoms with Gasteiger partial charge in [0.2, 0.25) is 5.89 Å². The quantitative estimate of drug-likeness (QED) is 0.815. The normalized spacial score (nSPS) is 11.6. The third-order valence-electron chi connectivity index (χ3n) is 2.55. The van der Waals surface area contributed by atoms with E-state index in [1.807, 2.05) is 20.0 Å². The van der Waals surface area contributed by atoms with Gasteiger partial charge < -0.3 is 9.09 Å². The maximum Gasteiger partial charge on any atom is 0.229 e. The van der Waals surface area contributed by atoms with Gasteiger partial charge in [-0.25, -0.2) is 4.98 Å². The highest BCUT2D eigenvalue weighted by atomic mass is 16.5. The summed E-state index contributed by atoms with van der Waals surface area (Å²) in [6.45, 7) is 8.93. The minimum Gasteiger partial charge on any atom is -0.339 e. The van der Waals surface area contributed by atoms with Crippen LogP contribution in [0.1, 0.15) is 57.1 Å². The summed E-state index contributed by atoms with van der Waals surface area (Å²) in [7, 11) is 0. The van der Waals surface area contributed by atoms with Crippen molar-refractivity contribution in [2.24, 2.45) is 0 Å². The molecule has 0 unspecified atom stereocenters. The third-order valence-corrected chi connectivity index (χ3v) is 2.55. The Morgan fingerprint density at radius 1 is 1.24 bits per heavy atom. The summed E-state index contributed by atoms with van der Waals surface area (Å²) < 4.78 is 7.24. The van der Waals surface area contributed by atoms with E-state index in [2.05, 4.69) is 33.5 Å². The van der Waals surface area contributed by atoms with Gasteiger partial charge in [-0.15, -0.1) is 0 Å². The smallest absolute Gasteiger partial charge is 0.229 e. The van der Waals surface area contributed by atoms with Crippen molar-refractivity contribution < 1.29 is 4.52 Å². The van der Waals surface area contributed by atoms with E-state index in [4.69, 9.17) is 4.52 Å². The zero-order valence-corrected chi connectivity index (χ0v) is 10.7. The van der Waals surface area contributed by atoms with Crippen LogP contribution in [-0.4, -0.2) is 19.7 Å². The van der Waals surface area contributed by atoms with E-state index >= 15 is 0 Å². The van der Waals surface area contributed by atoms with Gasteiger partial charge in [0.15, 0.2) is 5.82 Å². The van der Waals surface area contributed by atoms with E-state index in [-0.39, 0.29) is 5.92 Å². The molecule has 2 rings (SSSR count). The van der Waals surface area contributed by atoms with Crippen LogP contribution in [0, 0.1) is 0 Å². The van der Waals surface area contributed by atoms with E-state index < -0.39 is 0 Å². The summed E-state index contributed by atoms with van der Waals surface area (Å²) in [6.07, 6.45) is 3.75. The molecule has 5 heteroatoms. The second kappa shape index (κ2) is 4.69. The van der Waals surface area contributed by atoms with E-state index in [0.717, 1.165) is 5.82 Å². The number of hydrogen-bond acceptors (Lipinski definition) is 4. The Morgan fingerprint density at radius 2 is 2.00 bits per heavy atom. The number of hydrogen-bond donors (Lipinski definition) is 0. The molecule has 2 aromatic rings. The number of aromatic nitrogens is 4. The van der Waals surface area contributed by atoms with Crippen LogP contribution < -0.4 is 0 Å². The maximum absolute atomic E-state index is 5.18. The molecule has 0 aliphatic carbocycles. The highest BCUT2D eigenvalue weighted by Gasteiger charge is 2.12. The average molecular weight is 234 g/mol. The van der Waals surface area contributed by atoms with E-state index in [0.29, 0.717) is 24.2 Å². The van der Waals surface area contributed by atoms with Gasteiger partial charge in [0.1, 0.15) is 5.82 Å². The Balaban J connectivity index is 2.17. The second-order valence-electron chi connectivity index (χ2n) is 4.77. The molecule has 0 spiro atoms. The number of imidazole rings is 1. The van der Waals surface area contributed by atoms with Gasteiger partial charge in [-0.2, -0.15) is 4.98 Å². The monoisotopic (exact) mass is 234 g/mol. The summed E-state index contributed by atoms with van der Waals surface area (Å²) >= 11 is 0. The molecule has 0 saturated heterocycles. The summed E-state index contributed by atoms with van der Waals surface area (Å²) in [6, 6.07) is 0. The lowest BCUT2D eigenvalue weighted by atomic mass is 10.2. The Hall–Kier alpha value is -1.65. The highest BCUT2D eigenvalue weighted by molar-refractivity contribution is 5.01. The van der Waals surface area contributed by atoms with Gasteiger partial charge in [-0.3, -0.25) is 0 Å². The predicted octanol–water partition coefficient (Wildman–Crippen LogP) is 2.56. The van der Waals surface area contributed by atoms with Gasteiger partial charge >= 0.3 is 0 Å². The first-order valence-corrected chi connectivity index (χ1v) is 5.91. The lowest BCUT2D eigenvalue weighted by molar-refractivity contribution is 0.359. The molecule has 2 aromatic heterocycles. The Morgan fingerprint density at radius 3 is 2.59 bits per heavy atom. The molecule has 0 aliphatic rings. The first-order chi connectivity index (χ1) is 8.08. The summed E-state index contributed by atoms with van der Waals surface area (Å²) in [5, 5.41) is 3.98. The van der Waals surface area contributed by atoms with Gasteiger partial charge in [0, 0.05) is 24.2 Å². The highest BCUT2D eigenvalue weighted by Crippen LogP contribution is 2.15. The summed E-state index contributed by atoms with van der Waals surface area (Å²) in [4.78, 5) is 8.69. The van der Waals surface area contributed by atoms with Crippen LogP contribution in [0.5, 0.6) is 0 Å². The molecule has 0 saturated carbocycles. The van der Waals surface area contributed by atoms with Crippen molar-refractivity contribution in [1.29, 1.82) is 0 Å². The fourth-order valence-electron chi connectivity index (χ4n) is 1.67. The zero-order chi connectivity index (χ0) is 12.4. The standard InChI is InChI=1S/C12H18N4O/c1-8(2)11-13-5-6-16(11)7-10-14-12(9(3)4)17-15-10/h5-6,8-9H,7H2,1-4H3. The lowest BCUT2D eigenvalue weighted by Gasteiger charge is -2.07. The third kappa shape index (κ3) is 2.54. The van der Waals surface area contributed by atoms with Crippen molar-refractivity contribution in [1.82, 2.24) is 19.7 Å². The molecule has 0 fully saturated rings. The summed E-state index contributed by atoms with van der Waals surface area (Å²) in [5.41, 5.74) is 0. The molecule has 92 valence electrons. The predicted molar refractivity (Wildman–Crippen MR) is 63.8 cm³/mol. The molecular weight excluding hydrogens is 216 g/mol. The van der Waals surface area contributed by atoms with Crippen molar-refractivity contribution >= 4 is 0 Å². The van der Waals surface area contributed by atoms with Crippen molar-refractivity contribution in [3.63, 3.8) is 0 Å². The first kappa shape index (κ1) is 11.8. The van der Waals surface area contributed by atoms with Crippen LogP contribution in [-0.2, 0) is 6.54 Å². The first-order valence-electron chi connectivity index (χ1n) is 5.91. The van der Waals surface area contributed by atoms with Gasteiger partial charge in [0.05, 0.1) is 6.54 Å². The van der Waals surface area contributed by atoms with Crippen molar-refractivity contribution in [3.05, 3.63) is 29.9 Å². The maximum atomic E-state index is 5.18. The topological polar surface area (TPSA) is 56.7 Å². The fourth-order valence-corrected chi connectivity index (χ4v) is 1.67. The number of nitrogens with zero attached hydrogens (tertiary/aromatic N) is 4. The molecule has 2 heterocycles. The molecule has 0 N–H and O–H groups in total. The van der Waals surface area contributed by atoms with Gasteiger partial charge in [-0.05, 0) is 0 Å². The van der Waals surface area contributed by atoms with E-state index in [1.165, 1.54) is 0 Å². The average Bonchev–Trinajstić information content (AvgIpc) is 2.86. The van der Waals surface area contributed by atoms with Crippen LogP contribution in [0.15, 0.2) is 16.9 Å². The van der Waals surface area contributed by atoms with Gasteiger partial charge in [-0.1, -0.05) is 32.9 Å². The van der Waals surface area contributed by atoms with Crippen molar-refractivity contribution in [2.75, 3.05) is 0 Å². The van der Waals surface area contributed by atoms with Crippen LogP contribution >= 0.6 is 0 Å². The van der Waals surface area contributed by atoms with E-state index in [9.17, 15) is 0 Å². The Labute approximate surface area is 101 Å². The zero-order valence-electron chi connectivity index (χ0n) is 10.7. The number of rotatable bonds is 4. The Kier molecular flexibility index (Phi) is 3.26. The molecule has 0 aromatic carbocycles. The van der Waals surface area contributed by atoms with E-state index in [1.54, 1.807) is 6.20 Å². The minimum absolute atomic E-state index is 0.267. The van der Waals surface area contributed by atoms with Crippen molar-refractivity contribution in [3.8, 4) is 0 Å². The Bertz CT molecular complexity index is 484. The van der Waals surface area contributed by atoms with Crippen LogP contribution in [0.2, 0.25) is 0 Å². The molecule has 0 radical (unpaired) electrons. The molecule has 5 nitrogen and oxygen atoms in total. The van der Waals surface area contributed by atoms with Gasteiger partial charge in [0.25, 0.3) is 0 Å². The SMILES string of the molecule is CC(C)c1nc(Cn2ccnc2C(C)C)no1. The summed E-state index contributed by atoms with van der Waals surface area (Å²) in [5.74, 6) is 3.09. The minimum atomic E-state index is 0.267. The second-order valence-corrected chi connectivity index (χ2v) is 4.77. The lowest BCUT2D eigenvalue weighted by Crippen LogP contribution is -2.07. The molecule has 0 aliphatic heterocycles. The largest absolute Gasteiger partial charge is 0.339 e. The molecule has 0 atom stereocenters. The van der Waals surface area contributed by atoms with Crippen LogP contribution in [0.3, 0.4) is 0 Å². The molecule has 17 heavy (non-hydrogen) atoms. The fraction of sp³-hybridized carbons (Fsp3) is 0.583. The molecule has 0 amide bonds. The van der Waals surface area contributed by atoms with Crippen LogP contribution in [0.4, 0.5) is 0 Å². The molecular formula is C12H18N4O.